The van der Waals surface area contributed by atoms with Gasteiger partial charge < -0.3 is 10.1 Å². The van der Waals surface area contributed by atoms with Crippen LogP contribution < -0.4 is 10.1 Å². The van der Waals surface area contributed by atoms with Crippen molar-refractivity contribution in [2.24, 2.45) is 0 Å². The number of benzene rings is 1. The van der Waals surface area contributed by atoms with E-state index >= 15 is 0 Å². The summed E-state index contributed by atoms with van der Waals surface area (Å²) in [6.45, 7) is 2.69. The van der Waals surface area contributed by atoms with Crippen LogP contribution in [0, 0.1) is 0 Å². The molecule has 1 amide bonds. The smallest absolute Gasteiger partial charge is 0.257 e. The number of piperidine rings is 1. The van der Waals surface area contributed by atoms with Gasteiger partial charge >= 0.3 is 0 Å². The zero-order valence-electron chi connectivity index (χ0n) is 16.2. The molecule has 0 spiro atoms. The molecule has 0 radical (unpaired) electrons. The summed E-state index contributed by atoms with van der Waals surface area (Å²) in [4.78, 5) is 17.0. The van der Waals surface area contributed by atoms with E-state index in [0.29, 0.717) is 43.7 Å². The molecular formula is C20H24BrN3O4S. The van der Waals surface area contributed by atoms with Gasteiger partial charge in [0.1, 0.15) is 11.3 Å². The average Bonchev–Trinajstić information content (AvgIpc) is 2.70. The third-order valence-corrected chi connectivity index (χ3v) is 7.29. The number of rotatable bonds is 7. The van der Waals surface area contributed by atoms with Gasteiger partial charge in [-0.15, -0.1) is 0 Å². The van der Waals surface area contributed by atoms with Gasteiger partial charge in [0, 0.05) is 29.8 Å². The van der Waals surface area contributed by atoms with Crippen LogP contribution in [-0.4, -0.2) is 48.5 Å². The van der Waals surface area contributed by atoms with E-state index in [0.717, 1.165) is 4.47 Å². The lowest BCUT2D eigenvalue weighted by Crippen LogP contribution is -2.47. The summed E-state index contributed by atoms with van der Waals surface area (Å²) < 4.78 is 32.6. The first-order chi connectivity index (χ1) is 13.9. The van der Waals surface area contributed by atoms with E-state index in [2.05, 4.69) is 26.2 Å². The predicted molar refractivity (Wildman–Crippen MR) is 115 cm³/mol. The Balaban J connectivity index is 1.62. The number of aromatic nitrogens is 1. The van der Waals surface area contributed by atoms with Gasteiger partial charge in [-0.05, 0) is 55.7 Å². The molecular weight excluding hydrogens is 458 g/mol. The van der Waals surface area contributed by atoms with Crippen LogP contribution in [0.5, 0.6) is 11.6 Å². The van der Waals surface area contributed by atoms with Crippen molar-refractivity contribution in [3.63, 3.8) is 0 Å². The summed E-state index contributed by atoms with van der Waals surface area (Å²) in [7, 11) is -3.19. The third-order valence-electron chi connectivity index (χ3n) is 4.69. The Morgan fingerprint density at radius 1 is 1.24 bits per heavy atom. The largest absolute Gasteiger partial charge is 0.438 e. The van der Waals surface area contributed by atoms with Gasteiger partial charge in [-0.25, -0.2) is 17.7 Å². The Bertz CT molecular complexity index is 942. The molecule has 0 aliphatic carbocycles. The van der Waals surface area contributed by atoms with Gasteiger partial charge in [0.25, 0.3) is 5.91 Å². The Morgan fingerprint density at radius 2 is 1.93 bits per heavy atom. The molecule has 1 aromatic carbocycles. The van der Waals surface area contributed by atoms with Crippen LogP contribution in [0.2, 0.25) is 0 Å². The van der Waals surface area contributed by atoms with Gasteiger partial charge in [-0.1, -0.05) is 22.9 Å². The molecule has 0 saturated carbocycles. The molecule has 3 rings (SSSR count). The molecule has 1 fully saturated rings. The highest BCUT2D eigenvalue weighted by Crippen LogP contribution is 2.25. The summed E-state index contributed by atoms with van der Waals surface area (Å²) in [5.41, 5.74) is 0.344. The zero-order chi connectivity index (χ0) is 20.9. The number of carbonyl (C=O) groups is 1. The Morgan fingerprint density at radius 3 is 2.59 bits per heavy atom. The Labute approximate surface area is 179 Å². The summed E-state index contributed by atoms with van der Waals surface area (Å²) >= 11 is 3.37. The van der Waals surface area contributed by atoms with E-state index in [4.69, 9.17) is 4.74 Å². The third kappa shape index (κ3) is 5.77. The van der Waals surface area contributed by atoms with Gasteiger partial charge in [-0.2, -0.15) is 0 Å². The van der Waals surface area contributed by atoms with Crippen LogP contribution in [0.4, 0.5) is 0 Å². The summed E-state index contributed by atoms with van der Waals surface area (Å²) in [5.74, 6) is 0.696. The molecule has 0 bridgehead atoms. The van der Waals surface area contributed by atoms with Crippen molar-refractivity contribution in [3.05, 3.63) is 52.6 Å². The molecule has 1 N–H and O–H groups in total. The van der Waals surface area contributed by atoms with Crippen LogP contribution in [-0.2, 0) is 10.0 Å². The number of nitrogens with one attached hydrogen (secondary N) is 1. The van der Waals surface area contributed by atoms with Crippen molar-refractivity contribution in [2.75, 3.05) is 18.8 Å². The van der Waals surface area contributed by atoms with Crippen molar-refractivity contribution < 1.29 is 17.9 Å². The number of ether oxygens (including phenoxy) is 1. The first-order valence-corrected chi connectivity index (χ1v) is 12.0. The Kier molecular flexibility index (Phi) is 7.26. The highest BCUT2D eigenvalue weighted by atomic mass is 79.9. The van der Waals surface area contributed by atoms with E-state index < -0.39 is 10.0 Å². The maximum absolute atomic E-state index is 12.8. The molecule has 2 heterocycles. The van der Waals surface area contributed by atoms with E-state index in [1.807, 2.05) is 19.1 Å². The van der Waals surface area contributed by atoms with Crippen molar-refractivity contribution >= 4 is 31.9 Å². The first-order valence-electron chi connectivity index (χ1n) is 9.56. The minimum atomic E-state index is -3.19. The lowest BCUT2D eigenvalue weighted by molar-refractivity contribution is 0.0921. The number of pyridine rings is 1. The van der Waals surface area contributed by atoms with Crippen LogP contribution in [0.15, 0.2) is 47.1 Å². The van der Waals surface area contributed by atoms with Crippen LogP contribution >= 0.6 is 15.9 Å². The second-order valence-corrected chi connectivity index (χ2v) is 9.88. The van der Waals surface area contributed by atoms with Gasteiger partial charge in [0.2, 0.25) is 15.9 Å². The lowest BCUT2D eigenvalue weighted by atomic mass is 10.1. The zero-order valence-corrected chi connectivity index (χ0v) is 18.6. The molecule has 156 valence electrons. The molecule has 1 aliphatic heterocycles. The second-order valence-electron chi connectivity index (χ2n) is 6.87. The van der Waals surface area contributed by atoms with Crippen LogP contribution in [0.3, 0.4) is 0 Å². The van der Waals surface area contributed by atoms with E-state index in [-0.39, 0.29) is 23.6 Å². The van der Waals surface area contributed by atoms with Crippen molar-refractivity contribution in [2.45, 2.75) is 32.2 Å². The molecule has 1 aliphatic rings. The predicted octanol–water partition coefficient (Wildman–Crippen LogP) is 3.57. The number of hydrogen-bond donors (Lipinski definition) is 1. The fourth-order valence-corrected chi connectivity index (χ4v) is 4.99. The number of amides is 1. The Hall–Kier alpha value is -1.97. The maximum atomic E-state index is 12.8. The monoisotopic (exact) mass is 481 g/mol. The van der Waals surface area contributed by atoms with Gasteiger partial charge in [0.15, 0.2) is 0 Å². The van der Waals surface area contributed by atoms with Crippen LogP contribution in [0.25, 0.3) is 0 Å². The first kappa shape index (κ1) is 21.7. The maximum Gasteiger partial charge on any atom is 0.257 e. The molecule has 0 atom stereocenters. The molecule has 0 unspecified atom stereocenters. The minimum absolute atomic E-state index is 0.0867. The molecule has 7 nitrogen and oxygen atoms in total. The fourth-order valence-electron chi connectivity index (χ4n) is 3.19. The van der Waals surface area contributed by atoms with Gasteiger partial charge in [0.05, 0.1) is 5.75 Å². The standard InChI is InChI=1S/C20H24BrN3O4S/c1-2-14-29(26,27)24-12-9-16(10-13-24)23-19(25)18-4-3-11-22-20(18)28-17-7-5-15(21)6-8-17/h3-8,11,16H,2,9-10,12-14H2,1H3,(H,23,25). The molecule has 29 heavy (non-hydrogen) atoms. The summed E-state index contributed by atoms with van der Waals surface area (Å²) in [5, 5.41) is 2.99. The number of sulfonamides is 1. The normalized spacial score (nSPS) is 15.8. The summed E-state index contributed by atoms with van der Waals surface area (Å²) in [6, 6.07) is 10.5. The van der Waals surface area contributed by atoms with Crippen molar-refractivity contribution in [1.29, 1.82) is 0 Å². The molecule has 2 aromatic rings. The molecule has 9 heteroatoms. The topological polar surface area (TPSA) is 88.6 Å². The lowest BCUT2D eigenvalue weighted by Gasteiger charge is -2.31. The highest BCUT2D eigenvalue weighted by Gasteiger charge is 2.28. The average molecular weight is 482 g/mol. The highest BCUT2D eigenvalue weighted by molar-refractivity contribution is 9.10. The number of carbonyl (C=O) groups excluding carboxylic acids is 1. The summed E-state index contributed by atoms with van der Waals surface area (Å²) in [6.07, 6.45) is 3.33. The van der Waals surface area contributed by atoms with Crippen LogP contribution in [0.1, 0.15) is 36.5 Å². The van der Waals surface area contributed by atoms with Gasteiger partial charge in [-0.3, -0.25) is 4.79 Å². The van der Waals surface area contributed by atoms with E-state index in [9.17, 15) is 13.2 Å². The SMILES string of the molecule is CCCS(=O)(=O)N1CCC(NC(=O)c2cccnc2Oc2ccc(Br)cc2)CC1. The number of hydrogen-bond acceptors (Lipinski definition) is 5. The second kappa shape index (κ2) is 9.69. The fraction of sp³-hybridized carbons (Fsp3) is 0.400. The number of nitrogens with zero attached hydrogens (tertiary/aromatic N) is 2. The molecule has 1 aromatic heterocycles. The van der Waals surface area contributed by atoms with Crippen molar-refractivity contribution in [3.8, 4) is 11.6 Å². The van der Waals surface area contributed by atoms with E-state index in [1.54, 1.807) is 30.5 Å². The van der Waals surface area contributed by atoms with Crippen molar-refractivity contribution in [1.82, 2.24) is 14.6 Å². The van der Waals surface area contributed by atoms with E-state index in [1.165, 1.54) is 4.31 Å². The number of halogens is 1. The molecule has 1 saturated heterocycles. The minimum Gasteiger partial charge on any atom is -0.438 e. The quantitative estimate of drug-likeness (QED) is 0.652.